The summed E-state index contributed by atoms with van der Waals surface area (Å²) in [5.41, 5.74) is 0. The molecule has 2 saturated heterocycles. The van der Waals surface area contributed by atoms with Gasteiger partial charge >= 0.3 is 5.97 Å². The second-order valence-corrected chi connectivity index (χ2v) is 10.8. The summed E-state index contributed by atoms with van der Waals surface area (Å²) in [5.74, 6) is -2.50. The van der Waals surface area contributed by atoms with Crippen LogP contribution in [0, 0.1) is 29.6 Å². The number of rotatable bonds is 0. The van der Waals surface area contributed by atoms with Crippen LogP contribution in [0.2, 0.25) is 0 Å². The maximum atomic E-state index is 13.7. The molecule has 3 heterocycles. The van der Waals surface area contributed by atoms with Crippen LogP contribution in [0.5, 0.6) is 0 Å². The van der Waals surface area contributed by atoms with Crippen LogP contribution >= 0.6 is 23.2 Å². The number of cyclic esters (lactones) is 1. The molecule has 0 bridgehead atoms. The van der Waals surface area contributed by atoms with Crippen molar-refractivity contribution in [1.29, 1.82) is 0 Å². The lowest BCUT2D eigenvalue weighted by Gasteiger charge is -2.44. The van der Waals surface area contributed by atoms with Crippen LogP contribution in [0.3, 0.4) is 0 Å². The van der Waals surface area contributed by atoms with Gasteiger partial charge in [0.1, 0.15) is 24.7 Å². The average Bonchev–Trinajstić information content (AvgIpc) is 3.61. The Morgan fingerprint density at radius 2 is 1.74 bits per heavy atom. The minimum atomic E-state index is -2.30. The monoisotopic (exact) mass is 468 g/mol. The van der Waals surface area contributed by atoms with Crippen LogP contribution in [-0.4, -0.2) is 52.4 Å². The van der Waals surface area contributed by atoms with E-state index in [2.05, 4.69) is 19.1 Å². The molecule has 0 spiro atoms. The van der Waals surface area contributed by atoms with E-state index in [4.69, 9.17) is 37.4 Å². The molecule has 1 saturated carbocycles. The van der Waals surface area contributed by atoms with Crippen LogP contribution < -0.4 is 0 Å². The molecule has 168 valence electrons. The maximum absolute atomic E-state index is 13.7. The topological polar surface area (TPSA) is 85.5 Å². The smallest absolute Gasteiger partial charge is 0.313 e. The number of hydrogen-bond acceptors (Lipinski definition) is 6. The summed E-state index contributed by atoms with van der Waals surface area (Å²) in [6.07, 6.45) is 8.51. The molecule has 0 N–H and O–H groups in total. The standard InChI is InChI=1S/C23H26Cl2O6/c1-10-18-13(8-15-20(10)31-15)7-6-12-4-3-5-14-21(30-14)11(2)29-17(27)9-16(26)23(24,25)22(28)19(12)18/h3,5-7,10-15,18-21H,4,8-9H2,1-2H3/b5-3-/t10-,11-,12+,13+,14?,15?,18?,19?,20?,21?/m0/s1. The number of carbonyl (C=O) groups is 3. The number of ketones is 2. The van der Waals surface area contributed by atoms with Crippen molar-refractivity contribution in [2.75, 3.05) is 0 Å². The van der Waals surface area contributed by atoms with Crippen molar-refractivity contribution in [1.82, 2.24) is 0 Å². The molecular weight excluding hydrogens is 443 g/mol. The molecule has 5 rings (SSSR count). The Morgan fingerprint density at radius 3 is 2.52 bits per heavy atom. The molecule has 0 aromatic carbocycles. The lowest BCUT2D eigenvalue weighted by atomic mass is 9.59. The van der Waals surface area contributed by atoms with Crippen LogP contribution in [0.25, 0.3) is 0 Å². The Kier molecular flexibility index (Phi) is 5.36. The van der Waals surface area contributed by atoms with Gasteiger partial charge in [-0.25, -0.2) is 0 Å². The van der Waals surface area contributed by atoms with E-state index >= 15 is 0 Å². The zero-order valence-corrected chi connectivity index (χ0v) is 18.9. The van der Waals surface area contributed by atoms with Crippen molar-refractivity contribution < 1.29 is 28.6 Å². The number of allylic oxidation sites excluding steroid dienone is 3. The fraction of sp³-hybridized carbons (Fsp3) is 0.696. The van der Waals surface area contributed by atoms with Gasteiger partial charge in [0.25, 0.3) is 0 Å². The first-order valence-electron chi connectivity index (χ1n) is 11.0. The van der Waals surface area contributed by atoms with Gasteiger partial charge in [-0.1, -0.05) is 54.4 Å². The molecule has 0 aromatic heterocycles. The molecular formula is C23H26Cl2O6. The van der Waals surface area contributed by atoms with E-state index in [1.807, 2.05) is 12.2 Å². The first kappa shape index (κ1) is 21.6. The summed E-state index contributed by atoms with van der Waals surface area (Å²) >= 11 is 12.8. The van der Waals surface area contributed by atoms with Crippen LogP contribution in [0.4, 0.5) is 0 Å². The lowest BCUT2D eigenvalue weighted by Crippen LogP contribution is -2.51. The van der Waals surface area contributed by atoms with Crippen molar-refractivity contribution in [3.8, 4) is 0 Å². The second kappa shape index (κ2) is 7.68. The highest BCUT2D eigenvalue weighted by molar-refractivity contribution is 6.68. The van der Waals surface area contributed by atoms with E-state index in [0.29, 0.717) is 6.42 Å². The molecule has 5 aliphatic rings. The van der Waals surface area contributed by atoms with Crippen molar-refractivity contribution in [2.45, 2.75) is 68.0 Å². The summed E-state index contributed by atoms with van der Waals surface area (Å²) < 4.78 is 14.4. The quantitative estimate of drug-likeness (QED) is 0.178. The number of ether oxygens (including phenoxy) is 3. The summed E-state index contributed by atoms with van der Waals surface area (Å²) in [5, 5.41) is 0. The fourth-order valence-corrected chi connectivity index (χ4v) is 6.26. The van der Waals surface area contributed by atoms with Gasteiger partial charge in [0.2, 0.25) is 4.33 Å². The minimum Gasteiger partial charge on any atom is -0.459 e. The predicted octanol–water partition coefficient (Wildman–Crippen LogP) is 3.19. The molecule has 2 aliphatic carbocycles. The highest BCUT2D eigenvalue weighted by atomic mass is 35.5. The van der Waals surface area contributed by atoms with Crippen molar-refractivity contribution in [3.05, 3.63) is 24.3 Å². The van der Waals surface area contributed by atoms with E-state index in [1.54, 1.807) is 6.92 Å². The molecule has 6 nitrogen and oxygen atoms in total. The molecule has 3 fully saturated rings. The number of carbonyl (C=O) groups excluding carboxylic acids is 3. The maximum Gasteiger partial charge on any atom is 0.313 e. The SMILES string of the molecule is C[C@@H]1C2OC2C[C@H]2C=C[C@H]3C/C=C\C4OC4[C@H](C)OC(=O)CC(=O)C(Cl)(Cl)C(=O)C3C12. The Labute approximate surface area is 191 Å². The van der Waals surface area contributed by atoms with Gasteiger partial charge in [-0.05, 0) is 43.4 Å². The van der Waals surface area contributed by atoms with Crippen molar-refractivity contribution in [2.24, 2.45) is 29.6 Å². The van der Waals surface area contributed by atoms with Crippen LogP contribution in [0.1, 0.15) is 33.1 Å². The molecule has 0 radical (unpaired) electrons. The molecule has 6 unspecified atom stereocenters. The number of fused-ring (bicyclic) bond motifs is 5. The van der Waals surface area contributed by atoms with E-state index < -0.39 is 40.3 Å². The van der Waals surface area contributed by atoms with Crippen LogP contribution in [-0.2, 0) is 28.6 Å². The third-order valence-electron chi connectivity index (χ3n) is 7.57. The van der Waals surface area contributed by atoms with E-state index in [-0.39, 0.29) is 48.1 Å². The predicted molar refractivity (Wildman–Crippen MR) is 113 cm³/mol. The fourth-order valence-electron chi connectivity index (χ4n) is 5.87. The third-order valence-corrected chi connectivity index (χ3v) is 8.36. The first-order valence-corrected chi connectivity index (χ1v) is 11.7. The van der Waals surface area contributed by atoms with Gasteiger partial charge in [-0.3, -0.25) is 14.4 Å². The van der Waals surface area contributed by atoms with Gasteiger partial charge < -0.3 is 14.2 Å². The highest BCUT2D eigenvalue weighted by Gasteiger charge is 2.60. The van der Waals surface area contributed by atoms with Gasteiger partial charge in [0.15, 0.2) is 11.6 Å². The second-order valence-electron chi connectivity index (χ2n) is 9.51. The Morgan fingerprint density at radius 1 is 1.00 bits per heavy atom. The zero-order valence-electron chi connectivity index (χ0n) is 17.4. The van der Waals surface area contributed by atoms with Gasteiger partial charge in [0.05, 0.1) is 12.2 Å². The Hall–Kier alpha value is -1.21. The number of esters is 1. The van der Waals surface area contributed by atoms with E-state index in [0.717, 1.165) is 6.42 Å². The number of hydrogen-bond donors (Lipinski definition) is 0. The Bertz CT molecular complexity index is 866. The number of halogens is 2. The molecule has 8 heteroatoms. The molecule has 0 aromatic rings. The molecule has 10 atom stereocenters. The van der Waals surface area contributed by atoms with Crippen molar-refractivity contribution in [3.63, 3.8) is 0 Å². The van der Waals surface area contributed by atoms with E-state index in [9.17, 15) is 14.4 Å². The summed E-state index contributed by atoms with van der Waals surface area (Å²) in [4.78, 5) is 38.8. The highest BCUT2D eigenvalue weighted by Crippen LogP contribution is 2.55. The normalized spacial score (nSPS) is 49.5. The van der Waals surface area contributed by atoms with E-state index in [1.165, 1.54) is 0 Å². The Balaban J connectivity index is 1.50. The lowest BCUT2D eigenvalue weighted by molar-refractivity contribution is -0.151. The number of alkyl halides is 2. The molecule has 3 aliphatic heterocycles. The van der Waals surface area contributed by atoms with Gasteiger partial charge in [0, 0.05) is 5.92 Å². The third kappa shape index (κ3) is 3.79. The van der Waals surface area contributed by atoms with Gasteiger partial charge in [-0.15, -0.1) is 0 Å². The number of epoxide rings is 2. The van der Waals surface area contributed by atoms with Crippen LogP contribution in [0.15, 0.2) is 24.3 Å². The first-order chi connectivity index (χ1) is 14.7. The summed E-state index contributed by atoms with van der Waals surface area (Å²) in [6, 6.07) is 0. The zero-order chi connectivity index (χ0) is 22.1. The number of Topliss-reactive ketones (excluding diaryl/α,β-unsaturated/α-hetero) is 2. The molecule has 31 heavy (non-hydrogen) atoms. The minimum absolute atomic E-state index is 0.0193. The molecule has 0 amide bonds. The summed E-state index contributed by atoms with van der Waals surface area (Å²) in [6.45, 7) is 3.81. The largest absolute Gasteiger partial charge is 0.459 e. The summed E-state index contributed by atoms with van der Waals surface area (Å²) in [7, 11) is 0. The van der Waals surface area contributed by atoms with Crippen molar-refractivity contribution >= 4 is 40.7 Å². The van der Waals surface area contributed by atoms with Gasteiger partial charge in [-0.2, -0.15) is 0 Å². The average molecular weight is 469 g/mol.